The lowest BCUT2D eigenvalue weighted by Crippen LogP contribution is -2.62. The molecule has 0 aromatic rings. The molecular formula is C7H13ClO6. The van der Waals surface area contributed by atoms with Gasteiger partial charge in [0.05, 0.1) is 13.2 Å². The molecule has 0 aromatic carbocycles. The Morgan fingerprint density at radius 3 is 2.64 bits per heavy atom. The molecule has 1 rings (SSSR count). The Labute approximate surface area is 85.6 Å². The van der Waals surface area contributed by atoms with E-state index in [0.29, 0.717) is 0 Å². The lowest BCUT2D eigenvalue weighted by Gasteiger charge is -2.40. The van der Waals surface area contributed by atoms with Crippen molar-refractivity contribution in [1.29, 1.82) is 0 Å². The Morgan fingerprint density at radius 1 is 1.43 bits per heavy atom. The molecule has 7 heteroatoms. The standard InChI is InChI=1S/C7H13ClO6/c8-1-2-13-7(12)6(11)5(10)4(9)3-14-7/h4-6,9-12H,1-3H2/t4-,5?,6?,7-/m1/s1. The summed E-state index contributed by atoms with van der Waals surface area (Å²) in [6, 6.07) is 0. The van der Waals surface area contributed by atoms with E-state index in [1.165, 1.54) is 0 Å². The zero-order valence-corrected chi connectivity index (χ0v) is 8.09. The van der Waals surface area contributed by atoms with Crippen LogP contribution < -0.4 is 0 Å². The smallest absolute Gasteiger partial charge is 0.310 e. The molecule has 0 radical (unpaired) electrons. The van der Waals surface area contributed by atoms with Gasteiger partial charge >= 0.3 is 5.97 Å². The summed E-state index contributed by atoms with van der Waals surface area (Å²) in [6.07, 6.45) is -4.48. The second kappa shape index (κ2) is 4.71. The van der Waals surface area contributed by atoms with Crippen LogP contribution in [0.3, 0.4) is 0 Å². The largest absolute Gasteiger partial charge is 0.388 e. The third-order valence-corrected chi connectivity index (χ3v) is 2.09. The molecule has 0 aromatic heterocycles. The van der Waals surface area contributed by atoms with E-state index in [9.17, 15) is 15.3 Å². The molecule has 1 heterocycles. The summed E-state index contributed by atoms with van der Waals surface area (Å²) in [6.45, 7) is -0.366. The summed E-state index contributed by atoms with van der Waals surface area (Å²) in [4.78, 5) is 0. The second-order valence-electron chi connectivity index (χ2n) is 2.98. The van der Waals surface area contributed by atoms with Crippen LogP contribution in [0.1, 0.15) is 0 Å². The third kappa shape index (κ3) is 2.34. The van der Waals surface area contributed by atoms with Gasteiger partial charge in [0.2, 0.25) is 0 Å². The van der Waals surface area contributed by atoms with Crippen molar-refractivity contribution in [2.45, 2.75) is 24.3 Å². The van der Waals surface area contributed by atoms with Crippen LogP contribution in [-0.4, -0.2) is 63.8 Å². The first-order chi connectivity index (χ1) is 6.51. The molecule has 2 unspecified atom stereocenters. The average molecular weight is 229 g/mol. The van der Waals surface area contributed by atoms with Crippen LogP contribution in [0.15, 0.2) is 0 Å². The predicted molar refractivity (Wildman–Crippen MR) is 45.6 cm³/mol. The van der Waals surface area contributed by atoms with Crippen molar-refractivity contribution in [3.63, 3.8) is 0 Å². The van der Waals surface area contributed by atoms with Gasteiger partial charge in [0, 0.05) is 5.88 Å². The normalized spacial score (nSPS) is 43.9. The van der Waals surface area contributed by atoms with Crippen LogP contribution in [0.5, 0.6) is 0 Å². The van der Waals surface area contributed by atoms with Crippen LogP contribution >= 0.6 is 11.6 Å². The number of aliphatic hydroxyl groups is 4. The summed E-state index contributed by atoms with van der Waals surface area (Å²) < 4.78 is 9.41. The van der Waals surface area contributed by atoms with E-state index in [1.807, 2.05) is 0 Å². The van der Waals surface area contributed by atoms with Gasteiger partial charge in [-0.15, -0.1) is 11.6 Å². The van der Waals surface area contributed by atoms with Crippen LogP contribution in [0.2, 0.25) is 0 Å². The second-order valence-corrected chi connectivity index (χ2v) is 3.36. The molecule has 6 nitrogen and oxygen atoms in total. The molecule has 4 N–H and O–H groups in total. The van der Waals surface area contributed by atoms with Gasteiger partial charge in [-0.05, 0) is 0 Å². The quantitative estimate of drug-likeness (QED) is 0.330. The number of rotatable bonds is 3. The minimum absolute atomic E-state index is 0.0437. The van der Waals surface area contributed by atoms with Gasteiger partial charge in [0.1, 0.15) is 12.2 Å². The number of hydrogen-bond donors (Lipinski definition) is 4. The minimum Gasteiger partial charge on any atom is -0.388 e. The zero-order valence-electron chi connectivity index (χ0n) is 7.34. The zero-order chi connectivity index (χ0) is 10.8. The highest BCUT2D eigenvalue weighted by atomic mass is 35.5. The van der Waals surface area contributed by atoms with Crippen molar-refractivity contribution >= 4 is 11.6 Å². The van der Waals surface area contributed by atoms with E-state index in [0.717, 1.165) is 0 Å². The number of ether oxygens (including phenoxy) is 2. The third-order valence-electron chi connectivity index (χ3n) is 1.94. The van der Waals surface area contributed by atoms with Crippen molar-refractivity contribution in [2.24, 2.45) is 0 Å². The molecule has 1 fully saturated rings. The van der Waals surface area contributed by atoms with Crippen LogP contribution in [0, 0.1) is 0 Å². The molecule has 1 aliphatic rings. The molecular weight excluding hydrogens is 216 g/mol. The maximum absolute atomic E-state index is 9.53. The number of halogens is 1. The van der Waals surface area contributed by atoms with Crippen molar-refractivity contribution < 1.29 is 29.9 Å². The fourth-order valence-electron chi connectivity index (χ4n) is 1.13. The van der Waals surface area contributed by atoms with Gasteiger partial charge in [-0.1, -0.05) is 0 Å². The highest BCUT2D eigenvalue weighted by Crippen LogP contribution is 2.24. The van der Waals surface area contributed by atoms with E-state index >= 15 is 0 Å². The fraction of sp³-hybridized carbons (Fsp3) is 1.00. The molecule has 84 valence electrons. The highest BCUT2D eigenvalue weighted by Gasteiger charge is 2.49. The summed E-state index contributed by atoms with van der Waals surface area (Å²) in [5.41, 5.74) is 0. The van der Waals surface area contributed by atoms with Gasteiger partial charge in [-0.3, -0.25) is 0 Å². The monoisotopic (exact) mass is 228 g/mol. The SMILES string of the molecule is OC1C(O)[C@@](O)(OCCCl)OC[C@H]1O. The van der Waals surface area contributed by atoms with E-state index in [-0.39, 0.29) is 19.1 Å². The Balaban J connectivity index is 2.60. The summed E-state index contributed by atoms with van der Waals surface area (Å²) >= 11 is 5.31. The molecule has 1 aliphatic heterocycles. The Morgan fingerprint density at radius 2 is 2.07 bits per heavy atom. The molecule has 0 spiro atoms. The maximum Gasteiger partial charge on any atom is 0.310 e. The van der Waals surface area contributed by atoms with E-state index < -0.39 is 24.3 Å². The van der Waals surface area contributed by atoms with Gasteiger partial charge in [-0.2, -0.15) is 0 Å². The van der Waals surface area contributed by atoms with Crippen molar-refractivity contribution in [3.8, 4) is 0 Å². The first-order valence-corrected chi connectivity index (χ1v) is 4.65. The average Bonchev–Trinajstić information content (AvgIpc) is 2.19. The number of alkyl halides is 1. The molecule has 0 amide bonds. The Bertz CT molecular complexity index is 187. The number of aliphatic hydroxyl groups excluding tert-OH is 3. The van der Waals surface area contributed by atoms with Crippen LogP contribution in [0.25, 0.3) is 0 Å². The van der Waals surface area contributed by atoms with Crippen LogP contribution in [0.4, 0.5) is 0 Å². The van der Waals surface area contributed by atoms with E-state index in [1.54, 1.807) is 0 Å². The van der Waals surface area contributed by atoms with E-state index in [4.69, 9.17) is 21.4 Å². The first-order valence-electron chi connectivity index (χ1n) is 4.11. The summed E-state index contributed by atoms with van der Waals surface area (Å²) in [5.74, 6) is -2.19. The van der Waals surface area contributed by atoms with Crippen molar-refractivity contribution in [2.75, 3.05) is 19.1 Å². The molecule has 1 saturated heterocycles. The summed E-state index contributed by atoms with van der Waals surface area (Å²) in [5, 5.41) is 37.2. The summed E-state index contributed by atoms with van der Waals surface area (Å²) in [7, 11) is 0. The lowest BCUT2D eigenvalue weighted by molar-refractivity contribution is -0.429. The first kappa shape index (κ1) is 12.1. The van der Waals surface area contributed by atoms with Gasteiger partial charge in [0.15, 0.2) is 6.10 Å². The van der Waals surface area contributed by atoms with Crippen LogP contribution in [-0.2, 0) is 9.47 Å². The molecule has 4 atom stereocenters. The minimum atomic E-state index is -2.30. The lowest BCUT2D eigenvalue weighted by atomic mass is 10.0. The molecule has 14 heavy (non-hydrogen) atoms. The fourth-order valence-corrected chi connectivity index (χ4v) is 1.20. The molecule has 0 bridgehead atoms. The topological polar surface area (TPSA) is 99.4 Å². The predicted octanol–water partition coefficient (Wildman–Crippen LogP) is -2.00. The van der Waals surface area contributed by atoms with Crippen molar-refractivity contribution in [3.05, 3.63) is 0 Å². The van der Waals surface area contributed by atoms with Gasteiger partial charge < -0.3 is 29.9 Å². The number of hydrogen-bond acceptors (Lipinski definition) is 6. The highest BCUT2D eigenvalue weighted by molar-refractivity contribution is 6.17. The Kier molecular flexibility index (Phi) is 4.08. The van der Waals surface area contributed by atoms with Gasteiger partial charge in [0.25, 0.3) is 0 Å². The molecule has 0 aliphatic carbocycles. The van der Waals surface area contributed by atoms with E-state index in [2.05, 4.69) is 4.74 Å². The maximum atomic E-state index is 9.53. The Hall–Kier alpha value is 0.0500. The van der Waals surface area contributed by atoms with Gasteiger partial charge in [-0.25, -0.2) is 0 Å². The molecule has 0 saturated carbocycles. The van der Waals surface area contributed by atoms with Crippen molar-refractivity contribution in [1.82, 2.24) is 0 Å².